The van der Waals surface area contributed by atoms with Crippen LogP contribution < -0.4 is 5.32 Å². The lowest BCUT2D eigenvalue weighted by molar-refractivity contribution is -0.152. The first-order chi connectivity index (χ1) is 13.0. The van der Waals surface area contributed by atoms with Crippen molar-refractivity contribution in [1.82, 2.24) is 5.32 Å². The fourth-order valence-electron chi connectivity index (χ4n) is 1.67. The average Bonchev–Trinajstić information content (AvgIpc) is 2.97. The van der Waals surface area contributed by atoms with Gasteiger partial charge in [-0.3, -0.25) is 14.9 Å². The summed E-state index contributed by atoms with van der Waals surface area (Å²) in [5.41, 5.74) is 0.940. The summed E-state index contributed by atoms with van der Waals surface area (Å²) in [5, 5.41) is 2.20. The van der Waals surface area contributed by atoms with Gasteiger partial charge in [0.15, 0.2) is 0 Å². The predicted molar refractivity (Wildman–Crippen MR) is 106 cm³/mol. The first-order valence-electron chi connectivity index (χ1n) is 8.57. The second kappa shape index (κ2) is 16.6. The normalized spacial score (nSPS) is 10.3. The minimum absolute atomic E-state index is 0.0210. The molecule has 6 nitrogen and oxygen atoms in total. The molecule has 0 fully saturated rings. The van der Waals surface area contributed by atoms with Crippen molar-refractivity contribution >= 4 is 17.8 Å². The molecule has 2 rings (SSSR count). The van der Waals surface area contributed by atoms with Crippen LogP contribution in [-0.4, -0.2) is 37.1 Å². The fraction of sp³-hybridized carbons (Fsp3) is 0.381. The van der Waals surface area contributed by atoms with Gasteiger partial charge in [-0.05, 0) is 32.9 Å². The highest BCUT2D eigenvalue weighted by atomic mass is 16.6. The number of hydrogen-bond acceptors (Lipinski definition) is 5. The van der Waals surface area contributed by atoms with Crippen LogP contribution in [0.3, 0.4) is 0 Å². The van der Waals surface area contributed by atoms with Gasteiger partial charge in [0.25, 0.3) is 11.8 Å². The van der Waals surface area contributed by atoms with Crippen LogP contribution in [-0.2, 0) is 14.3 Å². The van der Waals surface area contributed by atoms with Gasteiger partial charge in [-0.25, -0.2) is 4.79 Å². The van der Waals surface area contributed by atoms with Crippen molar-refractivity contribution in [2.45, 2.75) is 40.7 Å². The number of carbonyl (C=O) groups is 3. The molecule has 0 aromatic heterocycles. The Labute approximate surface area is 161 Å². The molecule has 1 aliphatic heterocycles. The molecule has 0 atom stereocenters. The molecule has 6 heteroatoms. The summed E-state index contributed by atoms with van der Waals surface area (Å²) >= 11 is 0. The van der Waals surface area contributed by atoms with Crippen molar-refractivity contribution in [3.63, 3.8) is 0 Å². The lowest BCUT2D eigenvalue weighted by atomic mass is 10.1. The minimum atomic E-state index is -0.345. The van der Waals surface area contributed by atoms with Gasteiger partial charge in [0.05, 0.1) is 17.2 Å². The minimum Gasteiger partial charge on any atom is -0.461 e. The van der Waals surface area contributed by atoms with Crippen LogP contribution in [0.5, 0.6) is 0 Å². The molecule has 0 radical (unpaired) electrons. The second-order valence-electron chi connectivity index (χ2n) is 4.79. The molecule has 0 saturated heterocycles. The Hall–Kier alpha value is -2.91. The molecule has 0 saturated carbocycles. The number of benzene rings is 1. The second-order valence-corrected chi connectivity index (χ2v) is 4.79. The Balaban J connectivity index is 0. The third kappa shape index (κ3) is 11.3. The number of nitrogens with one attached hydrogen (secondary N) is 1. The zero-order chi connectivity index (χ0) is 21.2. The van der Waals surface area contributed by atoms with E-state index in [0.29, 0.717) is 11.1 Å². The molecule has 27 heavy (non-hydrogen) atoms. The highest BCUT2D eigenvalue weighted by Gasteiger charge is 2.25. The molecule has 1 heterocycles. The lowest BCUT2D eigenvalue weighted by Gasteiger charge is -2.06. The fourth-order valence-corrected chi connectivity index (χ4v) is 1.67. The maximum absolute atomic E-state index is 10.9. The predicted octanol–water partition coefficient (Wildman–Crippen LogP) is 3.38. The first-order valence-corrected chi connectivity index (χ1v) is 8.57. The van der Waals surface area contributed by atoms with Gasteiger partial charge in [0.2, 0.25) is 0 Å². The topological polar surface area (TPSA) is 81.7 Å². The van der Waals surface area contributed by atoms with Gasteiger partial charge >= 0.3 is 5.97 Å². The maximum Gasteiger partial charge on any atom is 0.332 e. The van der Waals surface area contributed by atoms with E-state index in [-0.39, 0.29) is 37.1 Å². The molecule has 1 aliphatic rings. The molecule has 1 aromatic carbocycles. The Kier molecular flexibility index (Phi) is 16.1. The van der Waals surface area contributed by atoms with E-state index >= 15 is 0 Å². The Morgan fingerprint density at radius 2 is 1.59 bits per heavy atom. The van der Waals surface area contributed by atoms with E-state index in [1.165, 1.54) is 0 Å². The number of carbonyl (C=O) groups excluding carboxylic acids is 3. The van der Waals surface area contributed by atoms with Crippen molar-refractivity contribution < 1.29 is 23.9 Å². The van der Waals surface area contributed by atoms with E-state index in [1.807, 2.05) is 13.8 Å². The molecular formula is C21H29NO5. The summed E-state index contributed by atoms with van der Waals surface area (Å²) in [6, 6.07) is 6.74. The van der Waals surface area contributed by atoms with Crippen LogP contribution in [0.1, 0.15) is 55.3 Å². The summed E-state index contributed by atoms with van der Waals surface area (Å²) in [7, 11) is 0. The van der Waals surface area contributed by atoms with Crippen molar-refractivity contribution in [1.29, 1.82) is 0 Å². The number of fused-ring (bicyclic) bond motifs is 1. The van der Waals surface area contributed by atoms with Crippen molar-refractivity contribution in [2.24, 2.45) is 0 Å². The van der Waals surface area contributed by atoms with Crippen molar-refractivity contribution in [2.75, 3.05) is 13.2 Å². The highest BCUT2D eigenvalue weighted by Crippen LogP contribution is 2.13. The van der Waals surface area contributed by atoms with Gasteiger partial charge in [-0.15, -0.1) is 19.1 Å². The molecule has 1 aromatic rings. The molecule has 2 amide bonds. The highest BCUT2D eigenvalue weighted by molar-refractivity contribution is 6.21. The van der Waals surface area contributed by atoms with Gasteiger partial charge in [-0.1, -0.05) is 31.9 Å². The zero-order valence-corrected chi connectivity index (χ0v) is 16.8. The molecule has 0 bridgehead atoms. The van der Waals surface area contributed by atoms with Crippen LogP contribution in [0.15, 0.2) is 37.4 Å². The molecule has 148 valence electrons. The van der Waals surface area contributed by atoms with E-state index in [9.17, 15) is 14.4 Å². The van der Waals surface area contributed by atoms with E-state index in [4.69, 9.17) is 9.47 Å². The number of rotatable bonds is 4. The van der Waals surface area contributed by atoms with Crippen LogP contribution in [0.25, 0.3) is 0 Å². The Bertz CT molecular complexity index is 623. The Morgan fingerprint density at radius 3 is 2.00 bits per heavy atom. The largest absolute Gasteiger partial charge is 0.461 e. The lowest BCUT2D eigenvalue weighted by Crippen LogP contribution is -2.19. The number of imide groups is 1. The van der Waals surface area contributed by atoms with Crippen molar-refractivity contribution in [3.8, 4) is 11.8 Å². The van der Waals surface area contributed by atoms with E-state index < -0.39 is 0 Å². The third-order valence-corrected chi connectivity index (χ3v) is 2.58. The monoisotopic (exact) mass is 375 g/mol. The maximum atomic E-state index is 10.9. The van der Waals surface area contributed by atoms with Crippen molar-refractivity contribution in [3.05, 3.63) is 48.6 Å². The summed E-state index contributed by atoms with van der Waals surface area (Å²) in [6.45, 7) is 15.6. The summed E-state index contributed by atoms with van der Waals surface area (Å²) < 4.78 is 9.71. The van der Waals surface area contributed by atoms with Crippen LogP contribution in [0.4, 0.5) is 0 Å². The molecular weight excluding hydrogens is 346 g/mol. The summed E-state index contributed by atoms with van der Waals surface area (Å²) in [4.78, 5) is 32.7. The number of ether oxygens (including phenoxy) is 2. The zero-order valence-electron chi connectivity index (χ0n) is 16.8. The van der Waals surface area contributed by atoms with Gasteiger partial charge in [0.1, 0.15) is 13.2 Å². The number of amides is 2. The quantitative estimate of drug-likeness (QED) is 0.287. The van der Waals surface area contributed by atoms with Gasteiger partial charge < -0.3 is 9.47 Å². The van der Waals surface area contributed by atoms with E-state index in [2.05, 4.69) is 30.3 Å². The summed E-state index contributed by atoms with van der Waals surface area (Å²) in [6.07, 6.45) is -0.0849. The van der Waals surface area contributed by atoms with Gasteiger partial charge in [0, 0.05) is 0 Å². The molecule has 0 aliphatic carbocycles. The average molecular weight is 375 g/mol. The smallest absolute Gasteiger partial charge is 0.332 e. The van der Waals surface area contributed by atoms with Crippen LogP contribution in [0, 0.1) is 11.8 Å². The van der Waals surface area contributed by atoms with E-state index in [1.54, 1.807) is 45.0 Å². The third-order valence-electron chi connectivity index (χ3n) is 2.58. The molecule has 0 spiro atoms. The van der Waals surface area contributed by atoms with Gasteiger partial charge in [-0.2, -0.15) is 0 Å². The molecule has 1 N–H and O–H groups in total. The molecule has 0 unspecified atom stereocenters. The van der Waals surface area contributed by atoms with Crippen LogP contribution >= 0.6 is 0 Å². The summed E-state index contributed by atoms with van der Waals surface area (Å²) in [5.74, 6) is 4.39. The first kappa shape index (κ1) is 26.3. The number of esters is 1. The number of hydrogen-bond donors (Lipinski definition) is 1. The SMILES string of the molecule is C=C.CC.CC#CCOCC(=O)OC(C)C.O=C1NC(=O)c2ccccc21. The standard InChI is InChI=1S/C9H14O3.C8H5NO2.C2H6.C2H4/c1-4-5-6-11-7-9(10)12-8(2)3;10-7-5-3-1-2-4-6(5)8(11)9-7;2*1-2/h8H,6-7H2,1-3H3;1-4H,(H,9,10,11);1-2H3;1-2H2. The van der Waals surface area contributed by atoms with E-state index in [0.717, 1.165) is 0 Å². The Morgan fingerprint density at radius 1 is 1.11 bits per heavy atom. The van der Waals surface area contributed by atoms with Crippen LogP contribution in [0.2, 0.25) is 0 Å².